The van der Waals surface area contributed by atoms with Gasteiger partial charge < -0.3 is 4.74 Å². The lowest BCUT2D eigenvalue weighted by atomic mass is 10.0. The average Bonchev–Trinajstić information content (AvgIpc) is 2.28. The lowest BCUT2D eigenvalue weighted by Gasteiger charge is -2.05. The number of ketones is 1. The van der Waals surface area contributed by atoms with Gasteiger partial charge in [0.25, 0.3) is 0 Å². The Morgan fingerprint density at radius 1 is 1.41 bits per heavy atom. The van der Waals surface area contributed by atoms with Crippen LogP contribution in [0.4, 0.5) is 0 Å². The Kier molecular flexibility index (Phi) is 4.41. The Bertz CT molecular complexity index is 486. The lowest BCUT2D eigenvalue weighted by Crippen LogP contribution is -2.08. The van der Waals surface area contributed by atoms with Gasteiger partial charge in [0.15, 0.2) is 0 Å². The van der Waals surface area contributed by atoms with Crippen molar-refractivity contribution in [1.82, 2.24) is 0 Å². The third kappa shape index (κ3) is 3.42. The van der Waals surface area contributed by atoms with Gasteiger partial charge in [-0.25, -0.2) is 4.79 Å². The molecule has 0 radical (unpaired) electrons. The summed E-state index contributed by atoms with van der Waals surface area (Å²) in [5.41, 5.74) is 1.20. The van der Waals surface area contributed by atoms with Gasteiger partial charge in [-0.2, -0.15) is 5.26 Å². The zero-order valence-electron chi connectivity index (χ0n) is 9.82. The summed E-state index contributed by atoms with van der Waals surface area (Å²) in [6.45, 7) is 3.44. The lowest BCUT2D eigenvalue weighted by molar-refractivity contribution is -0.116. The fourth-order valence-corrected chi connectivity index (χ4v) is 1.47. The topological polar surface area (TPSA) is 67.2 Å². The summed E-state index contributed by atoms with van der Waals surface area (Å²) in [6, 6.07) is 6.67. The van der Waals surface area contributed by atoms with Gasteiger partial charge in [-0.1, -0.05) is 6.07 Å². The first kappa shape index (κ1) is 12.9. The second kappa shape index (κ2) is 5.80. The molecule has 0 aliphatic heterocycles. The molecular weight excluding hydrogens is 218 g/mol. The summed E-state index contributed by atoms with van der Waals surface area (Å²) in [6.07, 6.45) is 0.262. The molecular formula is C13H13NO3. The van der Waals surface area contributed by atoms with Crippen molar-refractivity contribution in [2.24, 2.45) is 0 Å². The Hall–Kier alpha value is -2.15. The highest BCUT2D eigenvalue weighted by Crippen LogP contribution is 2.13. The van der Waals surface area contributed by atoms with Crippen molar-refractivity contribution in [3.8, 4) is 6.07 Å². The SMILES string of the molecule is CCOC(=O)c1ccc(CC(C)=O)cc1C#N. The second-order valence-electron chi connectivity index (χ2n) is 3.59. The van der Waals surface area contributed by atoms with E-state index in [9.17, 15) is 9.59 Å². The number of nitriles is 1. The van der Waals surface area contributed by atoms with E-state index in [4.69, 9.17) is 10.00 Å². The second-order valence-corrected chi connectivity index (χ2v) is 3.59. The van der Waals surface area contributed by atoms with Crippen LogP contribution in [0.25, 0.3) is 0 Å². The third-order valence-electron chi connectivity index (χ3n) is 2.15. The molecule has 17 heavy (non-hydrogen) atoms. The van der Waals surface area contributed by atoms with E-state index in [1.165, 1.54) is 13.0 Å². The van der Waals surface area contributed by atoms with Gasteiger partial charge in [0.1, 0.15) is 11.9 Å². The average molecular weight is 231 g/mol. The van der Waals surface area contributed by atoms with E-state index in [1.807, 2.05) is 6.07 Å². The van der Waals surface area contributed by atoms with Crippen LogP contribution in [-0.4, -0.2) is 18.4 Å². The molecule has 0 fully saturated rings. The zero-order chi connectivity index (χ0) is 12.8. The molecule has 0 aromatic heterocycles. The number of hydrogen-bond donors (Lipinski definition) is 0. The van der Waals surface area contributed by atoms with Crippen molar-refractivity contribution in [2.45, 2.75) is 20.3 Å². The van der Waals surface area contributed by atoms with Crippen molar-refractivity contribution in [2.75, 3.05) is 6.61 Å². The highest BCUT2D eigenvalue weighted by Gasteiger charge is 2.13. The summed E-state index contributed by atoms with van der Waals surface area (Å²) in [4.78, 5) is 22.5. The number of Topliss-reactive ketones (excluding diaryl/α,β-unsaturated/α-hetero) is 1. The largest absolute Gasteiger partial charge is 0.462 e. The first-order chi connectivity index (χ1) is 8.08. The molecule has 0 atom stereocenters. The van der Waals surface area contributed by atoms with Crippen LogP contribution in [0.1, 0.15) is 35.3 Å². The molecule has 0 aliphatic carbocycles. The molecule has 0 saturated heterocycles. The van der Waals surface area contributed by atoms with E-state index in [-0.39, 0.29) is 29.9 Å². The number of ether oxygens (including phenoxy) is 1. The minimum atomic E-state index is -0.515. The molecule has 1 aromatic rings. The van der Waals surface area contributed by atoms with Crippen LogP contribution in [0, 0.1) is 11.3 Å². The molecule has 4 heteroatoms. The zero-order valence-corrected chi connectivity index (χ0v) is 9.82. The molecule has 4 nitrogen and oxygen atoms in total. The van der Waals surface area contributed by atoms with Crippen LogP contribution in [-0.2, 0) is 16.0 Å². The predicted molar refractivity (Wildman–Crippen MR) is 61.5 cm³/mol. The Morgan fingerprint density at radius 2 is 2.12 bits per heavy atom. The number of rotatable bonds is 4. The fourth-order valence-electron chi connectivity index (χ4n) is 1.47. The third-order valence-corrected chi connectivity index (χ3v) is 2.15. The van der Waals surface area contributed by atoms with E-state index in [0.717, 1.165) is 5.56 Å². The highest BCUT2D eigenvalue weighted by atomic mass is 16.5. The molecule has 0 N–H and O–H groups in total. The maximum absolute atomic E-state index is 11.5. The van der Waals surface area contributed by atoms with Gasteiger partial charge in [-0.05, 0) is 31.5 Å². The predicted octanol–water partition coefficient (Wildman–Crippen LogP) is 1.87. The number of carbonyl (C=O) groups excluding carboxylic acids is 2. The van der Waals surface area contributed by atoms with Gasteiger partial charge in [0.05, 0.1) is 17.7 Å². The summed E-state index contributed by atoms with van der Waals surface area (Å²) in [7, 11) is 0. The molecule has 0 unspecified atom stereocenters. The molecule has 1 rings (SSSR count). The molecule has 0 heterocycles. The van der Waals surface area contributed by atoms with Crippen molar-refractivity contribution < 1.29 is 14.3 Å². The Labute approximate surface area is 99.8 Å². The number of hydrogen-bond acceptors (Lipinski definition) is 4. The van der Waals surface area contributed by atoms with Gasteiger partial charge >= 0.3 is 5.97 Å². The first-order valence-electron chi connectivity index (χ1n) is 5.28. The normalized spacial score (nSPS) is 9.47. The molecule has 0 aliphatic rings. The van der Waals surface area contributed by atoms with Crippen molar-refractivity contribution >= 4 is 11.8 Å². The van der Waals surface area contributed by atoms with Crippen LogP contribution >= 0.6 is 0 Å². The van der Waals surface area contributed by atoms with E-state index in [2.05, 4.69) is 0 Å². The minimum Gasteiger partial charge on any atom is -0.462 e. The summed E-state index contributed by atoms with van der Waals surface area (Å²) in [5.74, 6) is -0.504. The van der Waals surface area contributed by atoms with Gasteiger partial charge in [0.2, 0.25) is 0 Å². The smallest absolute Gasteiger partial charge is 0.339 e. The number of nitrogens with zero attached hydrogens (tertiary/aromatic N) is 1. The minimum absolute atomic E-state index is 0.0118. The van der Waals surface area contributed by atoms with E-state index < -0.39 is 5.97 Å². The van der Waals surface area contributed by atoms with E-state index >= 15 is 0 Å². The molecule has 88 valence electrons. The molecule has 0 spiro atoms. The maximum atomic E-state index is 11.5. The quantitative estimate of drug-likeness (QED) is 0.742. The van der Waals surface area contributed by atoms with Crippen molar-refractivity contribution in [3.63, 3.8) is 0 Å². The van der Waals surface area contributed by atoms with Gasteiger partial charge in [-0.15, -0.1) is 0 Å². The summed E-state index contributed by atoms with van der Waals surface area (Å²) in [5, 5.41) is 8.95. The first-order valence-corrected chi connectivity index (χ1v) is 5.28. The van der Waals surface area contributed by atoms with Crippen LogP contribution < -0.4 is 0 Å². The van der Waals surface area contributed by atoms with Crippen LogP contribution in [0.2, 0.25) is 0 Å². The highest BCUT2D eigenvalue weighted by molar-refractivity contribution is 5.92. The molecule has 0 saturated carbocycles. The van der Waals surface area contributed by atoms with Crippen molar-refractivity contribution in [3.05, 3.63) is 34.9 Å². The van der Waals surface area contributed by atoms with Crippen LogP contribution in [0.3, 0.4) is 0 Å². The van der Waals surface area contributed by atoms with E-state index in [1.54, 1.807) is 19.1 Å². The number of carbonyl (C=O) groups is 2. The summed E-state index contributed by atoms with van der Waals surface area (Å²) >= 11 is 0. The van der Waals surface area contributed by atoms with Crippen LogP contribution in [0.15, 0.2) is 18.2 Å². The van der Waals surface area contributed by atoms with Crippen molar-refractivity contribution in [1.29, 1.82) is 5.26 Å². The van der Waals surface area contributed by atoms with Gasteiger partial charge in [0, 0.05) is 6.42 Å². The van der Waals surface area contributed by atoms with Crippen LogP contribution in [0.5, 0.6) is 0 Å². The maximum Gasteiger partial charge on any atom is 0.339 e. The number of benzene rings is 1. The molecule has 1 aromatic carbocycles. The number of esters is 1. The molecule has 0 bridgehead atoms. The van der Waals surface area contributed by atoms with Gasteiger partial charge in [-0.3, -0.25) is 4.79 Å². The van der Waals surface area contributed by atoms with E-state index in [0.29, 0.717) is 0 Å². The summed E-state index contributed by atoms with van der Waals surface area (Å²) < 4.78 is 4.83. The molecule has 0 amide bonds. The Morgan fingerprint density at radius 3 is 2.65 bits per heavy atom. The fraction of sp³-hybridized carbons (Fsp3) is 0.308. The Balaban J connectivity index is 3.06. The standard InChI is InChI=1S/C13H13NO3/c1-3-17-13(16)12-5-4-10(6-9(2)15)7-11(12)8-14/h4-5,7H,3,6H2,1-2H3. The monoisotopic (exact) mass is 231 g/mol.